The van der Waals surface area contributed by atoms with Crippen LogP contribution in [0.15, 0.2) is 48.5 Å². The van der Waals surface area contributed by atoms with Gasteiger partial charge in [-0.05, 0) is 37.1 Å². The standard InChI is InChI=1S/C16H17NO2/c1-11-7-9-13(10-8-11)17-15(16(18)19)14-6-4-3-5-12(14)2/h3-10,15,17H,1-2H3,(H,18,19). The molecule has 0 saturated carbocycles. The number of aryl methyl sites for hydroxylation is 2. The molecular formula is C16H17NO2. The van der Waals surface area contributed by atoms with E-state index in [9.17, 15) is 9.90 Å². The molecule has 0 bridgehead atoms. The van der Waals surface area contributed by atoms with Crippen molar-refractivity contribution in [2.45, 2.75) is 19.9 Å². The summed E-state index contributed by atoms with van der Waals surface area (Å²) in [4.78, 5) is 11.5. The Hall–Kier alpha value is -2.29. The van der Waals surface area contributed by atoms with Crippen LogP contribution in [0.3, 0.4) is 0 Å². The molecule has 2 rings (SSSR count). The van der Waals surface area contributed by atoms with Crippen LogP contribution in [0.25, 0.3) is 0 Å². The number of hydrogen-bond donors (Lipinski definition) is 2. The van der Waals surface area contributed by atoms with E-state index in [4.69, 9.17) is 0 Å². The fourth-order valence-electron chi connectivity index (χ4n) is 2.00. The number of hydrogen-bond acceptors (Lipinski definition) is 2. The summed E-state index contributed by atoms with van der Waals surface area (Å²) in [5.74, 6) is -0.880. The Bertz CT molecular complexity index is 576. The fourth-order valence-corrected chi connectivity index (χ4v) is 2.00. The first kappa shape index (κ1) is 13.1. The number of carboxylic acid groups (broad SMARTS) is 1. The minimum atomic E-state index is -0.880. The van der Waals surface area contributed by atoms with Gasteiger partial charge in [0, 0.05) is 5.69 Å². The van der Waals surface area contributed by atoms with Crippen LogP contribution >= 0.6 is 0 Å². The molecule has 0 radical (unpaired) electrons. The van der Waals surface area contributed by atoms with Gasteiger partial charge in [-0.3, -0.25) is 0 Å². The van der Waals surface area contributed by atoms with Crippen molar-refractivity contribution in [3.8, 4) is 0 Å². The molecule has 0 heterocycles. The quantitative estimate of drug-likeness (QED) is 0.878. The summed E-state index contributed by atoms with van der Waals surface area (Å²) in [6.07, 6.45) is 0. The molecule has 0 aliphatic heterocycles. The Labute approximate surface area is 112 Å². The highest BCUT2D eigenvalue weighted by Gasteiger charge is 2.20. The molecule has 0 aromatic heterocycles. The van der Waals surface area contributed by atoms with Gasteiger partial charge in [-0.1, -0.05) is 42.0 Å². The molecule has 2 N–H and O–H groups in total. The summed E-state index contributed by atoms with van der Waals surface area (Å²) < 4.78 is 0. The van der Waals surface area contributed by atoms with Gasteiger partial charge in [-0.2, -0.15) is 0 Å². The van der Waals surface area contributed by atoms with Gasteiger partial charge < -0.3 is 10.4 Å². The monoisotopic (exact) mass is 255 g/mol. The van der Waals surface area contributed by atoms with E-state index in [0.717, 1.165) is 22.4 Å². The van der Waals surface area contributed by atoms with Crippen molar-refractivity contribution < 1.29 is 9.90 Å². The predicted molar refractivity (Wildman–Crippen MR) is 76.4 cm³/mol. The van der Waals surface area contributed by atoms with Crippen LogP contribution in [0, 0.1) is 13.8 Å². The first-order valence-electron chi connectivity index (χ1n) is 6.19. The maximum atomic E-state index is 11.5. The maximum Gasteiger partial charge on any atom is 0.330 e. The molecule has 0 saturated heterocycles. The highest BCUT2D eigenvalue weighted by Crippen LogP contribution is 2.23. The lowest BCUT2D eigenvalue weighted by atomic mass is 10.0. The third-order valence-electron chi connectivity index (χ3n) is 3.11. The smallest absolute Gasteiger partial charge is 0.330 e. The molecule has 0 aliphatic carbocycles. The van der Waals surface area contributed by atoms with Crippen LogP contribution in [-0.4, -0.2) is 11.1 Å². The molecule has 3 heteroatoms. The fraction of sp³-hybridized carbons (Fsp3) is 0.188. The van der Waals surface area contributed by atoms with Crippen molar-refractivity contribution in [2.24, 2.45) is 0 Å². The van der Waals surface area contributed by atoms with Gasteiger partial charge in [0.1, 0.15) is 0 Å². The number of aliphatic carboxylic acids is 1. The Morgan fingerprint density at radius 2 is 1.68 bits per heavy atom. The molecule has 0 fully saturated rings. The van der Waals surface area contributed by atoms with Gasteiger partial charge in [-0.25, -0.2) is 4.79 Å². The van der Waals surface area contributed by atoms with Crippen molar-refractivity contribution in [1.29, 1.82) is 0 Å². The van der Waals surface area contributed by atoms with Crippen molar-refractivity contribution >= 4 is 11.7 Å². The minimum absolute atomic E-state index is 0.732. The number of anilines is 1. The van der Waals surface area contributed by atoms with E-state index in [1.807, 2.05) is 62.4 Å². The number of carbonyl (C=O) groups is 1. The predicted octanol–water partition coefficient (Wildman–Crippen LogP) is 3.54. The second-order valence-electron chi connectivity index (χ2n) is 4.64. The molecule has 2 aromatic rings. The normalized spacial score (nSPS) is 11.9. The summed E-state index contributed by atoms with van der Waals surface area (Å²) in [7, 11) is 0. The lowest BCUT2D eigenvalue weighted by molar-refractivity contribution is -0.138. The summed E-state index contributed by atoms with van der Waals surface area (Å²) in [6, 6.07) is 14.5. The topological polar surface area (TPSA) is 49.3 Å². The van der Waals surface area contributed by atoms with Crippen LogP contribution in [0.1, 0.15) is 22.7 Å². The van der Waals surface area contributed by atoms with Gasteiger partial charge in [0.15, 0.2) is 6.04 Å². The second kappa shape index (κ2) is 5.57. The van der Waals surface area contributed by atoms with Crippen molar-refractivity contribution in [3.05, 3.63) is 65.2 Å². The van der Waals surface area contributed by atoms with E-state index >= 15 is 0 Å². The molecule has 98 valence electrons. The van der Waals surface area contributed by atoms with Crippen LogP contribution in [0.4, 0.5) is 5.69 Å². The van der Waals surface area contributed by atoms with Crippen LogP contribution in [0.5, 0.6) is 0 Å². The van der Waals surface area contributed by atoms with Gasteiger partial charge in [-0.15, -0.1) is 0 Å². The number of benzene rings is 2. The minimum Gasteiger partial charge on any atom is -0.479 e. The van der Waals surface area contributed by atoms with Crippen LogP contribution in [-0.2, 0) is 4.79 Å². The lowest BCUT2D eigenvalue weighted by Gasteiger charge is -2.18. The molecule has 1 unspecified atom stereocenters. The molecule has 0 aliphatic rings. The van der Waals surface area contributed by atoms with Gasteiger partial charge in [0.2, 0.25) is 0 Å². The van der Waals surface area contributed by atoms with E-state index in [1.165, 1.54) is 0 Å². The van der Waals surface area contributed by atoms with Gasteiger partial charge in [0.05, 0.1) is 0 Å². The average Bonchev–Trinajstić information content (AvgIpc) is 2.39. The Kier molecular flexibility index (Phi) is 3.85. The van der Waals surface area contributed by atoms with Gasteiger partial charge in [0.25, 0.3) is 0 Å². The Morgan fingerprint density at radius 3 is 2.26 bits per heavy atom. The molecule has 0 amide bonds. The van der Waals surface area contributed by atoms with Crippen molar-refractivity contribution in [1.82, 2.24) is 0 Å². The zero-order valence-electron chi connectivity index (χ0n) is 11.1. The molecular weight excluding hydrogens is 238 g/mol. The maximum absolute atomic E-state index is 11.5. The summed E-state index contributed by atoms with van der Waals surface area (Å²) in [5, 5.41) is 12.5. The highest BCUT2D eigenvalue weighted by molar-refractivity contribution is 5.79. The molecule has 0 spiro atoms. The summed E-state index contributed by atoms with van der Waals surface area (Å²) in [5.41, 5.74) is 3.71. The van der Waals surface area contributed by atoms with Gasteiger partial charge >= 0.3 is 5.97 Å². The summed E-state index contributed by atoms with van der Waals surface area (Å²) >= 11 is 0. The van der Waals surface area contributed by atoms with Crippen molar-refractivity contribution in [3.63, 3.8) is 0 Å². The third kappa shape index (κ3) is 3.13. The first-order valence-corrected chi connectivity index (χ1v) is 6.19. The highest BCUT2D eigenvalue weighted by atomic mass is 16.4. The van der Waals surface area contributed by atoms with E-state index in [2.05, 4.69) is 5.32 Å². The molecule has 3 nitrogen and oxygen atoms in total. The summed E-state index contributed by atoms with van der Waals surface area (Å²) in [6.45, 7) is 3.92. The number of carboxylic acids is 1. The zero-order chi connectivity index (χ0) is 13.8. The Morgan fingerprint density at radius 1 is 1.05 bits per heavy atom. The largest absolute Gasteiger partial charge is 0.479 e. The SMILES string of the molecule is Cc1ccc(NC(C(=O)O)c2ccccc2C)cc1. The van der Waals surface area contributed by atoms with Crippen LogP contribution in [0.2, 0.25) is 0 Å². The number of rotatable bonds is 4. The van der Waals surface area contributed by atoms with E-state index in [1.54, 1.807) is 0 Å². The van der Waals surface area contributed by atoms with E-state index in [-0.39, 0.29) is 0 Å². The second-order valence-corrected chi connectivity index (χ2v) is 4.64. The Balaban J connectivity index is 2.29. The first-order chi connectivity index (χ1) is 9.08. The lowest BCUT2D eigenvalue weighted by Crippen LogP contribution is -2.21. The number of nitrogens with one attached hydrogen (secondary N) is 1. The molecule has 19 heavy (non-hydrogen) atoms. The van der Waals surface area contributed by atoms with Crippen LogP contribution < -0.4 is 5.32 Å². The van der Waals surface area contributed by atoms with Crippen molar-refractivity contribution in [2.75, 3.05) is 5.32 Å². The molecule has 1 atom stereocenters. The third-order valence-corrected chi connectivity index (χ3v) is 3.11. The zero-order valence-corrected chi connectivity index (χ0v) is 11.1. The van der Waals surface area contributed by atoms with E-state index in [0.29, 0.717) is 0 Å². The molecule has 2 aromatic carbocycles. The van der Waals surface area contributed by atoms with E-state index < -0.39 is 12.0 Å². The average molecular weight is 255 g/mol.